The first-order valence-corrected chi connectivity index (χ1v) is 7.21. The zero-order valence-electron chi connectivity index (χ0n) is 8.70. The van der Waals surface area contributed by atoms with Crippen molar-refractivity contribution in [1.29, 1.82) is 0 Å². The molecular formula is C9H11N3O3S2. The van der Waals surface area contributed by atoms with E-state index in [9.17, 15) is 13.5 Å². The molecule has 2 aromatic rings. The summed E-state index contributed by atoms with van der Waals surface area (Å²) in [6.45, 7) is -0.0652. The molecule has 8 heteroatoms. The Morgan fingerprint density at radius 1 is 1.59 bits per heavy atom. The number of aliphatic hydroxyl groups excluding tert-OH is 1. The summed E-state index contributed by atoms with van der Waals surface area (Å²) < 4.78 is 25.7. The van der Waals surface area contributed by atoms with E-state index in [2.05, 4.69) is 14.9 Å². The lowest BCUT2D eigenvalue weighted by Gasteiger charge is -2.09. The highest BCUT2D eigenvalue weighted by Gasteiger charge is 2.17. The van der Waals surface area contributed by atoms with Crippen LogP contribution in [0.15, 0.2) is 34.1 Å². The second kappa shape index (κ2) is 4.96. The number of sulfonamides is 1. The molecule has 92 valence electrons. The molecule has 0 aromatic carbocycles. The fourth-order valence-electron chi connectivity index (χ4n) is 1.24. The Morgan fingerprint density at radius 2 is 2.41 bits per heavy atom. The van der Waals surface area contributed by atoms with Crippen LogP contribution in [0.1, 0.15) is 11.7 Å². The standard InChI is InChI=1S/C9H11N3O3S2/c13-9(7-1-2-16-6-7)5-12-17(14,15)8-3-10-11-4-8/h1-4,6,9,12-13H,5H2,(H,10,11). The molecule has 0 amide bonds. The van der Waals surface area contributed by atoms with Crippen molar-refractivity contribution in [3.8, 4) is 0 Å². The Kier molecular flexibility index (Phi) is 3.57. The number of nitrogens with one attached hydrogen (secondary N) is 2. The summed E-state index contributed by atoms with van der Waals surface area (Å²) in [6.07, 6.45) is 1.64. The highest BCUT2D eigenvalue weighted by atomic mass is 32.2. The van der Waals surface area contributed by atoms with Crippen LogP contribution in [0.2, 0.25) is 0 Å². The molecule has 1 unspecified atom stereocenters. The van der Waals surface area contributed by atoms with Crippen LogP contribution in [-0.2, 0) is 10.0 Å². The molecule has 3 N–H and O–H groups in total. The third kappa shape index (κ3) is 2.91. The molecular weight excluding hydrogens is 262 g/mol. The van der Waals surface area contributed by atoms with Gasteiger partial charge >= 0.3 is 0 Å². The van der Waals surface area contributed by atoms with Gasteiger partial charge in [-0.2, -0.15) is 16.4 Å². The number of rotatable bonds is 5. The minimum absolute atomic E-state index is 0.0509. The number of aromatic nitrogens is 2. The maximum absolute atomic E-state index is 11.7. The number of thiophene rings is 1. The van der Waals surface area contributed by atoms with Crippen LogP contribution < -0.4 is 4.72 Å². The van der Waals surface area contributed by atoms with Crippen molar-refractivity contribution in [3.63, 3.8) is 0 Å². The third-order valence-corrected chi connectivity index (χ3v) is 4.27. The van der Waals surface area contributed by atoms with E-state index in [0.29, 0.717) is 5.56 Å². The number of hydrogen-bond acceptors (Lipinski definition) is 5. The second-order valence-electron chi connectivity index (χ2n) is 3.36. The molecule has 2 rings (SSSR count). The van der Waals surface area contributed by atoms with E-state index in [0.717, 1.165) is 0 Å². The SMILES string of the molecule is O=S(=O)(NCC(O)c1ccsc1)c1cn[nH]c1. The Hall–Kier alpha value is -1.22. The molecule has 0 aliphatic carbocycles. The zero-order chi connectivity index (χ0) is 12.3. The van der Waals surface area contributed by atoms with Gasteiger partial charge in [0.25, 0.3) is 0 Å². The summed E-state index contributed by atoms with van der Waals surface area (Å²) >= 11 is 1.45. The van der Waals surface area contributed by atoms with Crippen LogP contribution in [-0.4, -0.2) is 30.3 Å². The van der Waals surface area contributed by atoms with E-state index < -0.39 is 16.1 Å². The molecule has 2 aromatic heterocycles. The lowest BCUT2D eigenvalue weighted by atomic mass is 10.2. The van der Waals surface area contributed by atoms with E-state index in [4.69, 9.17) is 0 Å². The van der Waals surface area contributed by atoms with Gasteiger partial charge in [0.2, 0.25) is 10.0 Å². The van der Waals surface area contributed by atoms with E-state index in [1.165, 1.54) is 23.7 Å². The molecule has 1 atom stereocenters. The Morgan fingerprint density at radius 3 is 3.00 bits per heavy atom. The van der Waals surface area contributed by atoms with Crippen molar-refractivity contribution >= 4 is 21.4 Å². The minimum atomic E-state index is -3.60. The monoisotopic (exact) mass is 273 g/mol. The first kappa shape index (κ1) is 12.2. The van der Waals surface area contributed by atoms with Crippen molar-refractivity contribution in [2.75, 3.05) is 6.54 Å². The number of nitrogens with zero attached hydrogens (tertiary/aromatic N) is 1. The molecule has 6 nitrogen and oxygen atoms in total. The lowest BCUT2D eigenvalue weighted by Crippen LogP contribution is -2.28. The van der Waals surface area contributed by atoms with Gasteiger partial charge in [-0.1, -0.05) is 0 Å². The van der Waals surface area contributed by atoms with Crippen molar-refractivity contribution in [2.24, 2.45) is 0 Å². The van der Waals surface area contributed by atoms with Gasteiger partial charge < -0.3 is 5.11 Å². The van der Waals surface area contributed by atoms with E-state index in [1.54, 1.807) is 11.4 Å². The molecule has 0 bridgehead atoms. The highest BCUT2D eigenvalue weighted by molar-refractivity contribution is 7.89. The predicted octanol–water partition coefficient (Wildman–Crippen LogP) is 0.483. The maximum atomic E-state index is 11.7. The number of aromatic amines is 1. The number of H-pyrrole nitrogens is 1. The average Bonchev–Trinajstić information content (AvgIpc) is 2.97. The summed E-state index contributed by atoms with van der Waals surface area (Å²) in [6, 6.07) is 1.75. The molecule has 0 radical (unpaired) electrons. The van der Waals surface area contributed by atoms with Gasteiger partial charge in [-0.05, 0) is 22.4 Å². The Labute approximate surface area is 102 Å². The van der Waals surface area contributed by atoms with Gasteiger partial charge in [-0.3, -0.25) is 5.10 Å². The molecule has 0 fully saturated rings. The molecule has 17 heavy (non-hydrogen) atoms. The predicted molar refractivity (Wildman–Crippen MR) is 63.1 cm³/mol. The zero-order valence-corrected chi connectivity index (χ0v) is 10.3. The van der Waals surface area contributed by atoms with Crippen molar-refractivity contribution in [2.45, 2.75) is 11.0 Å². The second-order valence-corrected chi connectivity index (χ2v) is 5.91. The summed E-state index contributed by atoms with van der Waals surface area (Å²) in [5, 5.41) is 19.3. The topological polar surface area (TPSA) is 95.1 Å². The van der Waals surface area contributed by atoms with Gasteiger partial charge in [-0.25, -0.2) is 13.1 Å². The summed E-state index contributed by atoms with van der Waals surface area (Å²) in [4.78, 5) is 0.0509. The van der Waals surface area contributed by atoms with Gasteiger partial charge in [0, 0.05) is 12.7 Å². The van der Waals surface area contributed by atoms with Crippen LogP contribution in [0.4, 0.5) is 0 Å². The van der Waals surface area contributed by atoms with Crippen LogP contribution in [0.25, 0.3) is 0 Å². The van der Waals surface area contributed by atoms with E-state index in [-0.39, 0.29) is 11.4 Å². The highest BCUT2D eigenvalue weighted by Crippen LogP contribution is 2.16. The van der Waals surface area contributed by atoms with Crippen LogP contribution in [0.5, 0.6) is 0 Å². The van der Waals surface area contributed by atoms with Gasteiger partial charge in [0.05, 0.1) is 12.3 Å². The summed E-state index contributed by atoms with van der Waals surface area (Å²) in [5.74, 6) is 0. The summed E-state index contributed by atoms with van der Waals surface area (Å²) in [5.41, 5.74) is 0.699. The Balaban J connectivity index is 1.99. The van der Waals surface area contributed by atoms with Gasteiger partial charge in [0.15, 0.2) is 0 Å². The first-order valence-electron chi connectivity index (χ1n) is 4.78. The lowest BCUT2D eigenvalue weighted by molar-refractivity contribution is 0.182. The largest absolute Gasteiger partial charge is 0.387 e. The molecule has 0 saturated carbocycles. The maximum Gasteiger partial charge on any atom is 0.243 e. The smallest absolute Gasteiger partial charge is 0.243 e. The molecule has 0 aliphatic heterocycles. The van der Waals surface area contributed by atoms with Crippen LogP contribution in [0, 0.1) is 0 Å². The molecule has 0 aliphatic rings. The van der Waals surface area contributed by atoms with Crippen LogP contribution >= 0.6 is 11.3 Å². The normalized spacial score (nSPS) is 13.7. The minimum Gasteiger partial charge on any atom is -0.387 e. The average molecular weight is 273 g/mol. The molecule has 0 saturated heterocycles. The fourth-order valence-corrected chi connectivity index (χ4v) is 2.89. The first-order chi connectivity index (χ1) is 8.09. The quantitative estimate of drug-likeness (QED) is 0.738. The number of hydrogen-bond donors (Lipinski definition) is 3. The number of aliphatic hydroxyl groups is 1. The van der Waals surface area contributed by atoms with E-state index >= 15 is 0 Å². The molecule has 2 heterocycles. The van der Waals surface area contributed by atoms with Crippen molar-refractivity contribution in [3.05, 3.63) is 34.8 Å². The Bertz CT molecular complexity index is 548. The van der Waals surface area contributed by atoms with Crippen molar-refractivity contribution < 1.29 is 13.5 Å². The fraction of sp³-hybridized carbons (Fsp3) is 0.222. The van der Waals surface area contributed by atoms with Crippen LogP contribution in [0.3, 0.4) is 0 Å². The molecule has 0 spiro atoms. The van der Waals surface area contributed by atoms with E-state index in [1.807, 2.05) is 5.38 Å². The summed E-state index contributed by atoms with van der Waals surface area (Å²) in [7, 11) is -3.60. The van der Waals surface area contributed by atoms with Crippen molar-refractivity contribution in [1.82, 2.24) is 14.9 Å². The third-order valence-electron chi connectivity index (χ3n) is 2.18. The van der Waals surface area contributed by atoms with Gasteiger partial charge in [0.1, 0.15) is 4.90 Å². The van der Waals surface area contributed by atoms with Gasteiger partial charge in [-0.15, -0.1) is 0 Å².